The van der Waals surface area contributed by atoms with Crippen LogP contribution in [0.15, 0.2) is 16.6 Å². The van der Waals surface area contributed by atoms with Gasteiger partial charge >= 0.3 is 0 Å². The van der Waals surface area contributed by atoms with Crippen LogP contribution in [-0.4, -0.2) is 13.0 Å². The van der Waals surface area contributed by atoms with Crippen LogP contribution in [0.2, 0.25) is 0 Å². The Bertz CT molecular complexity index is 328. The van der Waals surface area contributed by atoms with Crippen molar-refractivity contribution in [2.75, 3.05) is 7.05 Å². The predicted octanol–water partition coefficient (Wildman–Crippen LogP) is 2.26. The van der Waals surface area contributed by atoms with Crippen molar-refractivity contribution in [3.05, 3.63) is 33.5 Å². The molecule has 0 spiro atoms. The summed E-state index contributed by atoms with van der Waals surface area (Å²) in [5.41, 5.74) is 0.719. The lowest BCUT2D eigenvalue weighted by atomic mass is 10.1. The highest BCUT2D eigenvalue weighted by atomic mass is 79.9. The first-order valence-corrected chi connectivity index (χ1v) is 4.53. The van der Waals surface area contributed by atoms with Gasteiger partial charge in [0.2, 0.25) is 0 Å². The molecule has 1 rings (SSSR count). The Labute approximate surface area is 84.3 Å². The van der Waals surface area contributed by atoms with Gasteiger partial charge in [0.05, 0.1) is 5.56 Å². The standard InChI is InChI=1S/C9H9BrFNO/c1-5-3-6(10)4-7(11)8(5)9(13)12-2/h3-4H,1-2H3,(H,12,13). The Hall–Kier alpha value is -0.900. The summed E-state index contributed by atoms with van der Waals surface area (Å²) in [6, 6.07) is 2.98. The first kappa shape index (κ1) is 10.2. The number of nitrogens with one attached hydrogen (secondary N) is 1. The molecular formula is C9H9BrFNO. The molecule has 0 fully saturated rings. The molecule has 0 saturated carbocycles. The second-order valence-corrected chi connectivity index (χ2v) is 3.57. The molecule has 0 bridgehead atoms. The van der Waals surface area contributed by atoms with Crippen molar-refractivity contribution >= 4 is 21.8 Å². The van der Waals surface area contributed by atoms with E-state index >= 15 is 0 Å². The first-order chi connectivity index (χ1) is 6.06. The molecule has 1 N–H and O–H groups in total. The van der Waals surface area contributed by atoms with Gasteiger partial charge in [-0.1, -0.05) is 15.9 Å². The summed E-state index contributed by atoms with van der Waals surface area (Å²) < 4.78 is 13.9. The maximum Gasteiger partial charge on any atom is 0.254 e. The van der Waals surface area contributed by atoms with Crippen molar-refractivity contribution in [1.29, 1.82) is 0 Å². The van der Waals surface area contributed by atoms with Crippen LogP contribution in [0.1, 0.15) is 15.9 Å². The normalized spacial score (nSPS) is 9.85. The van der Waals surface area contributed by atoms with Gasteiger partial charge < -0.3 is 5.32 Å². The smallest absolute Gasteiger partial charge is 0.254 e. The molecule has 0 aromatic heterocycles. The van der Waals surface area contributed by atoms with Crippen LogP contribution in [0.4, 0.5) is 4.39 Å². The largest absolute Gasteiger partial charge is 0.355 e. The monoisotopic (exact) mass is 245 g/mol. The van der Waals surface area contributed by atoms with Gasteiger partial charge in [-0.15, -0.1) is 0 Å². The SMILES string of the molecule is CNC(=O)c1c(C)cc(Br)cc1F. The van der Waals surface area contributed by atoms with Crippen molar-refractivity contribution in [2.45, 2.75) is 6.92 Å². The van der Waals surface area contributed by atoms with Gasteiger partial charge in [-0.05, 0) is 24.6 Å². The Morgan fingerprint density at radius 3 is 2.62 bits per heavy atom. The quantitative estimate of drug-likeness (QED) is 0.809. The number of hydrogen-bond acceptors (Lipinski definition) is 1. The van der Waals surface area contributed by atoms with Crippen LogP contribution in [0.25, 0.3) is 0 Å². The third-order valence-electron chi connectivity index (χ3n) is 1.71. The lowest BCUT2D eigenvalue weighted by Crippen LogP contribution is -2.20. The van der Waals surface area contributed by atoms with Crippen LogP contribution in [-0.2, 0) is 0 Å². The Balaban J connectivity index is 3.28. The number of amides is 1. The van der Waals surface area contributed by atoms with Gasteiger partial charge in [-0.25, -0.2) is 4.39 Å². The van der Waals surface area contributed by atoms with Gasteiger partial charge in [0.1, 0.15) is 5.82 Å². The number of rotatable bonds is 1. The molecule has 0 saturated heterocycles. The summed E-state index contributed by atoms with van der Waals surface area (Å²) in [6.45, 7) is 1.69. The number of halogens is 2. The number of benzene rings is 1. The number of carbonyl (C=O) groups is 1. The molecule has 4 heteroatoms. The second kappa shape index (κ2) is 3.87. The zero-order chi connectivity index (χ0) is 10.0. The average Bonchev–Trinajstić information content (AvgIpc) is 2.02. The van der Waals surface area contributed by atoms with Gasteiger partial charge in [0.25, 0.3) is 5.91 Å². The van der Waals surface area contributed by atoms with E-state index < -0.39 is 11.7 Å². The molecule has 1 aromatic carbocycles. The molecule has 70 valence electrons. The highest BCUT2D eigenvalue weighted by molar-refractivity contribution is 9.10. The molecule has 1 aromatic rings. The van der Waals surface area contributed by atoms with Gasteiger partial charge in [-0.3, -0.25) is 4.79 Å². The van der Waals surface area contributed by atoms with Crippen LogP contribution in [0, 0.1) is 12.7 Å². The molecule has 0 aliphatic heterocycles. The van der Waals surface area contributed by atoms with Crippen LogP contribution >= 0.6 is 15.9 Å². The topological polar surface area (TPSA) is 29.1 Å². The molecule has 13 heavy (non-hydrogen) atoms. The van der Waals surface area contributed by atoms with E-state index in [9.17, 15) is 9.18 Å². The summed E-state index contributed by atoms with van der Waals surface area (Å²) in [7, 11) is 1.48. The van der Waals surface area contributed by atoms with Crippen molar-refractivity contribution in [1.82, 2.24) is 5.32 Å². The van der Waals surface area contributed by atoms with Crippen molar-refractivity contribution in [3.8, 4) is 0 Å². The van der Waals surface area contributed by atoms with Crippen molar-refractivity contribution in [3.63, 3.8) is 0 Å². The maximum atomic E-state index is 13.3. The van der Waals surface area contributed by atoms with E-state index in [1.54, 1.807) is 13.0 Å². The molecule has 0 atom stereocenters. The first-order valence-electron chi connectivity index (χ1n) is 3.74. The summed E-state index contributed by atoms with van der Waals surface area (Å²) in [4.78, 5) is 11.2. The van der Waals surface area contributed by atoms with Gasteiger partial charge in [-0.2, -0.15) is 0 Å². The third kappa shape index (κ3) is 2.06. The van der Waals surface area contributed by atoms with E-state index in [4.69, 9.17) is 0 Å². The highest BCUT2D eigenvalue weighted by Crippen LogP contribution is 2.19. The van der Waals surface area contributed by atoms with E-state index in [2.05, 4.69) is 21.2 Å². The van der Waals surface area contributed by atoms with Crippen LogP contribution < -0.4 is 5.32 Å². The van der Waals surface area contributed by atoms with E-state index in [-0.39, 0.29) is 5.56 Å². The van der Waals surface area contributed by atoms with Crippen molar-refractivity contribution < 1.29 is 9.18 Å². The molecule has 0 heterocycles. The summed E-state index contributed by atoms with van der Waals surface area (Å²) in [5, 5.41) is 2.39. The number of carbonyl (C=O) groups excluding carboxylic acids is 1. The van der Waals surface area contributed by atoms with E-state index in [0.29, 0.717) is 10.0 Å². The van der Waals surface area contributed by atoms with Crippen LogP contribution in [0.5, 0.6) is 0 Å². The van der Waals surface area contributed by atoms with E-state index in [0.717, 1.165) is 0 Å². The molecule has 0 radical (unpaired) electrons. The fraction of sp³-hybridized carbons (Fsp3) is 0.222. The lowest BCUT2D eigenvalue weighted by Gasteiger charge is -2.05. The third-order valence-corrected chi connectivity index (χ3v) is 2.16. The predicted molar refractivity (Wildman–Crippen MR) is 52.2 cm³/mol. The molecule has 1 amide bonds. The molecule has 2 nitrogen and oxygen atoms in total. The summed E-state index contributed by atoms with van der Waals surface area (Å²) in [6.07, 6.45) is 0. The minimum absolute atomic E-state index is 0.103. The molecule has 0 aliphatic rings. The minimum atomic E-state index is -0.508. The zero-order valence-electron chi connectivity index (χ0n) is 7.32. The number of aryl methyl sites for hydroxylation is 1. The summed E-state index contributed by atoms with van der Waals surface area (Å²) in [5.74, 6) is -0.909. The minimum Gasteiger partial charge on any atom is -0.355 e. The van der Waals surface area contributed by atoms with E-state index in [1.165, 1.54) is 13.1 Å². The Morgan fingerprint density at radius 2 is 2.15 bits per heavy atom. The van der Waals surface area contributed by atoms with Gasteiger partial charge in [0.15, 0.2) is 0 Å². The van der Waals surface area contributed by atoms with Crippen molar-refractivity contribution in [2.24, 2.45) is 0 Å². The Morgan fingerprint density at radius 1 is 1.54 bits per heavy atom. The molecule has 0 aliphatic carbocycles. The van der Waals surface area contributed by atoms with E-state index in [1.807, 2.05) is 0 Å². The fourth-order valence-electron chi connectivity index (χ4n) is 1.11. The van der Waals surface area contributed by atoms with Gasteiger partial charge in [0, 0.05) is 11.5 Å². The second-order valence-electron chi connectivity index (χ2n) is 2.66. The average molecular weight is 246 g/mol. The molecular weight excluding hydrogens is 237 g/mol. The van der Waals surface area contributed by atoms with Crippen LogP contribution in [0.3, 0.4) is 0 Å². The molecule has 0 unspecified atom stereocenters. The lowest BCUT2D eigenvalue weighted by molar-refractivity contribution is 0.0958. The fourth-order valence-corrected chi connectivity index (χ4v) is 1.66. The maximum absolute atomic E-state index is 13.3. The highest BCUT2D eigenvalue weighted by Gasteiger charge is 2.13. The summed E-state index contributed by atoms with van der Waals surface area (Å²) >= 11 is 3.15. The zero-order valence-corrected chi connectivity index (χ0v) is 8.90. The number of hydrogen-bond donors (Lipinski definition) is 1. The Kier molecular flexibility index (Phi) is 3.03.